The molecule has 1 N–H and O–H groups in total. The van der Waals surface area contributed by atoms with E-state index in [9.17, 15) is 4.79 Å². The average molecular weight is 203 g/mol. The highest BCUT2D eigenvalue weighted by Crippen LogP contribution is 2.14. The molecule has 0 saturated carbocycles. The van der Waals surface area contributed by atoms with Crippen molar-refractivity contribution in [3.8, 4) is 0 Å². The van der Waals surface area contributed by atoms with Gasteiger partial charge in [0.05, 0.1) is 0 Å². The monoisotopic (exact) mass is 203 g/mol. The number of hydrogen-bond acceptors (Lipinski definition) is 1. The van der Waals surface area contributed by atoms with Gasteiger partial charge >= 0.3 is 0 Å². The molecule has 1 rings (SSSR count). The van der Waals surface area contributed by atoms with E-state index in [1.807, 2.05) is 36.4 Å². The van der Waals surface area contributed by atoms with E-state index in [1.165, 1.54) is 0 Å². The molecule has 1 amide bonds. The Kier molecular flexibility index (Phi) is 3.67. The molecule has 15 heavy (non-hydrogen) atoms. The number of nitrogens with one attached hydrogen (secondary N) is 1. The molecule has 0 spiro atoms. The first-order chi connectivity index (χ1) is 6.97. The second-order valence-electron chi connectivity index (χ2n) is 4.55. The summed E-state index contributed by atoms with van der Waals surface area (Å²) >= 11 is 0. The lowest BCUT2D eigenvalue weighted by Gasteiger charge is -2.10. The first-order valence-electron chi connectivity index (χ1n) is 5.03. The van der Waals surface area contributed by atoms with E-state index in [2.05, 4.69) is 26.1 Å². The summed E-state index contributed by atoms with van der Waals surface area (Å²) in [6.45, 7) is 6.16. The zero-order chi connectivity index (χ0) is 11.3. The fourth-order valence-electron chi connectivity index (χ4n) is 1.03. The van der Waals surface area contributed by atoms with Crippen LogP contribution in [0.1, 0.15) is 20.8 Å². The van der Waals surface area contributed by atoms with Crippen molar-refractivity contribution in [1.29, 1.82) is 0 Å². The van der Waals surface area contributed by atoms with Crippen LogP contribution >= 0.6 is 0 Å². The number of para-hydroxylation sites is 1. The standard InChI is InChI=1S/C13H17NO/c1-13(2,3)10-9-12(15)14-11-7-5-4-6-8-11/h4-10H,1-3H3,(H,14,15)/b10-9+. The number of benzene rings is 1. The van der Waals surface area contributed by atoms with Crippen molar-refractivity contribution >= 4 is 11.6 Å². The summed E-state index contributed by atoms with van der Waals surface area (Å²) in [5.74, 6) is -0.0869. The summed E-state index contributed by atoms with van der Waals surface area (Å²) in [7, 11) is 0. The molecular weight excluding hydrogens is 186 g/mol. The van der Waals surface area contributed by atoms with Crippen LogP contribution in [0, 0.1) is 5.41 Å². The van der Waals surface area contributed by atoms with Gasteiger partial charge in [-0.15, -0.1) is 0 Å². The molecule has 2 nitrogen and oxygen atoms in total. The SMILES string of the molecule is CC(C)(C)/C=C/C(=O)Nc1ccccc1. The Morgan fingerprint density at radius 1 is 1.20 bits per heavy atom. The highest BCUT2D eigenvalue weighted by Gasteiger charge is 2.05. The number of carbonyl (C=O) groups is 1. The highest BCUT2D eigenvalue weighted by atomic mass is 16.1. The van der Waals surface area contributed by atoms with Crippen LogP contribution in [0.25, 0.3) is 0 Å². The second kappa shape index (κ2) is 4.78. The maximum Gasteiger partial charge on any atom is 0.248 e. The summed E-state index contributed by atoms with van der Waals surface area (Å²) in [4.78, 5) is 11.5. The second-order valence-corrected chi connectivity index (χ2v) is 4.55. The van der Waals surface area contributed by atoms with Crippen LogP contribution in [-0.2, 0) is 4.79 Å². The number of hydrogen-bond donors (Lipinski definition) is 1. The summed E-state index contributed by atoms with van der Waals surface area (Å²) in [6.07, 6.45) is 3.47. The van der Waals surface area contributed by atoms with Gasteiger partial charge in [-0.25, -0.2) is 0 Å². The van der Waals surface area contributed by atoms with E-state index >= 15 is 0 Å². The van der Waals surface area contributed by atoms with E-state index in [1.54, 1.807) is 6.08 Å². The van der Waals surface area contributed by atoms with Gasteiger partial charge in [0.25, 0.3) is 0 Å². The molecule has 0 fully saturated rings. The summed E-state index contributed by atoms with van der Waals surface area (Å²) in [5.41, 5.74) is 0.856. The Balaban J connectivity index is 2.55. The number of amides is 1. The number of carbonyl (C=O) groups excluding carboxylic acids is 1. The average Bonchev–Trinajstić information content (AvgIpc) is 2.15. The number of anilines is 1. The van der Waals surface area contributed by atoms with Gasteiger partial charge in [0.15, 0.2) is 0 Å². The Morgan fingerprint density at radius 3 is 2.33 bits per heavy atom. The fraction of sp³-hybridized carbons (Fsp3) is 0.308. The molecule has 0 heterocycles. The maximum atomic E-state index is 11.5. The molecular formula is C13H17NO. The van der Waals surface area contributed by atoms with Crippen molar-refractivity contribution in [2.75, 3.05) is 5.32 Å². The molecule has 0 unspecified atom stereocenters. The number of allylic oxidation sites excluding steroid dienone is 1. The van der Waals surface area contributed by atoms with Crippen molar-refractivity contribution in [2.24, 2.45) is 5.41 Å². The Hall–Kier alpha value is -1.57. The molecule has 2 heteroatoms. The zero-order valence-corrected chi connectivity index (χ0v) is 9.45. The van der Waals surface area contributed by atoms with Gasteiger partial charge in [0.1, 0.15) is 0 Å². The van der Waals surface area contributed by atoms with E-state index in [0.29, 0.717) is 0 Å². The molecule has 1 aromatic rings. The van der Waals surface area contributed by atoms with E-state index in [4.69, 9.17) is 0 Å². The largest absolute Gasteiger partial charge is 0.323 e. The minimum atomic E-state index is -0.0869. The molecule has 0 aliphatic rings. The van der Waals surface area contributed by atoms with Gasteiger partial charge in [0, 0.05) is 5.69 Å². The predicted octanol–water partition coefficient (Wildman–Crippen LogP) is 3.23. The predicted molar refractivity (Wildman–Crippen MR) is 63.7 cm³/mol. The minimum absolute atomic E-state index is 0.0357. The van der Waals surface area contributed by atoms with Gasteiger partial charge < -0.3 is 5.32 Å². The van der Waals surface area contributed by atoms with Crippen LogP contribution in [0.3, 0.4) is 0 Å². The molecule has 0 aliphatic heterocycles. The van der Waals surface area contributed by atoms with Crippen LogP contribution in [0.15, 0.2) is 42.5 Å². The Labute approximate surface area is 91.0 Å². The van der Waals surface area contributed by atoms with Gasteiger partial charge in [-0.3, -0.25) is 4.79 Å². The third-order valence-corrected chi connectivity index (χ3v) is 1.78. The summed E-state index contributed by atoms with van der Waals surface area (Å²) in [5, 5.41) is 2.79. The van der Waals surface area contributed by atoms with Crippen LogP contribution < -0.4 is 5.32 Å². The van der Waals surface area contributed by atoms with E-state index in [-0.39, 0.29) is 11.3 Å². The van der Waals surface area contributed by atoms with Crippen LogP contribution in [0.2, 0.25) is 0 Å². The lowest BCUT2D eigenvalue weighted by atomic mass is 9.96. The van der Waals surface area contributed by atoms with Crippen molar-refractivity contribution < 1.29 is 4.79 Å². The molecule has 0 atom stereocenters. The lowest BCUT2D eigenvalue weighted by molar-refractivity contribution is -0.112. The summed E-state index contributed by atoms with van der Waals surface area (Å²) < 4.78 is 0. The topological polar surface area (TPSA) is 29.1 Å². The number of rotatable bonds is 2. The van der Waals surface area contributed by atoms with Gasteiger partial charge in [0.2, 0.25) is 5.91 Å². The van der Waals surface area contributed by atoms with Gasteiger partial charge in [-0.1, -0.05) is 45.0 Å². The fourth-order valence-corrected chi connectivity index (χ4v) is 1.03. The molecule has 80 valence electrons. The first-order valence-corrected chi connectivity index (χ1v) is 5.03. The summed E-state index contributed by atoms with van der Waals surface area (Å²) in [6, 6.07) is 9.43. The smallest absolute Gasteiger partial charge is 0.248 e. The maximum absolute atomic E-state index is 11.5. The normalized spacial score (nSPS) is 11.7. The lowest BCUT2D eigenvalue weighted by Crippen LogP contribution is -2.09. The Bertz CT molecular complexity index is 347. The van der Waals surface area contributed by atoms with Crippen molar-refractivity contribution in [2.45, 2.75) is 20.8 Å². The molecule has 1 aromatic carbocycles. The van der Waals surface area contributed by atoms with E-state index in [0.717, 1.165) is 5.69 Å². The van der Waals surface area contributed by atoms with Crippen molar-refractivity contribution in [1.82, 2.24) is 0 Å². The minimum Gasteiger partial charge on any atom is -0.323 e. The van der Waals surface area contributed by atoms with Crippen LogP contribution in [0.4, 0.5) is 5.69 Å². The van der Waals surface area contributed by atoms with Crippen LogP contribution in [-0.4, -0.2) is 5.91 Å². The highest BCUT2D eigenvalue weighted by molar-refractivity contribution is 5.99. The third kappa shape index (κ3) is 5.01. The molecule has 0 bridgehead atoms. The first kappa shape index (κ1) is 11.5. The van der Waals surface area contributed by atoms with Crippen molar-refractivity contribution in [3.05, 3.63) is 42.5 Å². The molecule has 0 radical (unpaired) electrons. The zero-order valence-electron chi connectivity index (χ0n) is 9.45. The van der Waals surface area contributed by atoms with E-state index < -0.39 is 0 Å². The van der Waals surface area contributed by atoms with Crippen molar-refractivity contribution in [3.63, 3.8) is 0 Å². The Morgan fingerprint density at radius 2 is 1.80 bits per heavy atom. The quantitative estimate of drug-likeness (QED) is 0.734. The third-order valence-electron chi connectivity index (χ3n) is 1.78. The molecule has 0 saturated heterocycles. The van der Waals surface area contributed by atoms with Gasteiger partial charge in [-0.2, -0.15) is 0 Å². The molecule has 0 aliphatic carbocycles. The van der Waals surface area contributed by atoms with Gasteiger partial charge in [-0.05, 0) is 23.6 Å². The van der Waals surface area contributed by atoms with Crippen LogP contribution in [0.5, 0.6) is 0 Å². The molecule has 0 aromatic heterocycles.